The third-order valence-electron chi connectivity index (χ3n) is 6.86. The van der Waals surface area contributed by atoms with Crippen molar-refractivity contribution >= 4 is 16.8 Å². The van der Waals surface area contributed by atoms with Gasteiger partial charge in [0.25, 0.3) is 5.56 Å². The Morgan fingerprint density at radius 1 is 1.20 bits per heavy atom. The van der Waals surface area contributed by atoms with Gasteiger partial charge in [-0.25, -0.2) is 4.98 Å². The molecule has 1 saturated heterocycles. The molecule has 2 unspecified atom stereocenters. The van der Waals surface area contributed by atoms with E-state index in [9.17, 15) is 9.59 Å². The number of benzene rings is 1. The number of para-hydroxylation sites is 1. The maximum atomic E-state index is 13.2. The van der Waals surface area contributed by atoms with E-state index in [0.717, 1.165) is 56.7 Å². The van der Waals surface area contributed by atoms with Gasteiger partial charge in [-0.2, -0.15) is 0 Å². The standard InChI is InChI=1S/C24H34N4O2/c1-4-13-28-22(25-20-12-7-6-11-19(20)24(28)30)21(5-2)26-14-15-27(17(3)16-26)23(29)18-9-8-10-18/h6-7,11-12,17-18,21H,4-5,8-10,13-16H2,1-3H3. The second-order valence-corrected chi connectivity index (χ2v) is 8.87. The summed E-state index contributed by atoms with van der Waals surface area (Å²) in [6, 6.07) is 7.91. The number of amides is 1. The molecule has 1 aliphatic carbocycles. The molecule has 0 bridgehead atoms. The van der Waals surface area contributed by atoms with Crippen LogP contribution in [0.1, 0.15) is 64.7 Å². The van der Waals surface area contributed by atoms with E-state index in [1.54, 1.807) is 0 Å². The number of piperazine rings is 1. The molecule has 2 atom stereocenters. The molecule has 6 nitrogen and oxygen atoms in total. The highest BCUT2D eigenvalue weighted by Crippen LogP contribution is 2.31. The molecule has 2 aromatic rings. The lowest BCUT2D eigenvalue weighted by molar-refractivity contribution is -0.143. The predicted octanol–water partition coefficient (Wildman–Crippen LogP) is 3.59. The molecular weight excluding hydrogens is 376 g/mol. The van der Waals surface area contributed by atoms with Crippen LogP contribution in [0.5, 0.6) is 0 Å². The van der Waals surface area contributed by atoms with Crippen molar-refractivity contribution in [2.45, 2.75) is 71.5 Å². The van der Waals surface area contributed by atoms with E-state index in [0.29, 0.717) is 17.8 Å². The highest BCUT2D eigenvalue weighted by molar-refractivity contribution is 5.80. The van der Waals surface area contributed by atoms with Crippen LogP contribution >= 0.6 is 0 Å². The van der Waals surface area contributed by atoms with Crippen LogP contribution < -0.4 is 5.56 Å². The van der Waals surface area contributed by atoms with Gasteiger partial charge in [0, 0.05) is 38.1 Å². The number of carbonyl (C=O) groups excluding carboxylic acids is 1. The van der Waals surface area contributed by atoms with Crippen molar-refractivity contribution in [1.29, 1.82) is 0 Å². The molecule has 1 aromatic heterocycles. The lowest BCUT2D eigenvalue weighted by Gasteiger charge is -2.45. The largest absolute Gasteiger partial charge is 0.337 e. The van der Waals surface area contributed by atoms with Crippen molar-refractivity contribution in [2.75, 3.05) is 19.6 Å². The Balaban J connectivity index is 1.62. The fourth-order valence-electron chi connectivity index (χ4n) is 4.97. The van der Waals surface area contributed by atoms with Crippen molar-refractivity contribution in [3.8, 4) is 0 Å². The molecule has 30 heavy (non-hydrogen) atoms. The number of hydrogen-bond acceptors (Lipinski definition) is 4. The number of aromatic nitrogens is 2. The molecule has 4 rings (SSSR count). The summed E-state index contributed by atoms with van der Waals surface area (Å²) < 4.78 is 1.88. The maximum absolute atomic E-state index is 13.2. The van der Waals surface area contributed by atoms with Crippen LogP contribution in [0.4, 0.5) is 0 Å². The Bertz CT molecular complexity index is 965. The van der Waals surface area contributed by atoms with Gasteiger partial charge in [-0.05, 0) is 44.7 Å². The average molecular weight is 411 g/mol. The molecule has 0 radical (unpaired) electrons. The minimum atomic E-state index is 0.0581. The Morgan fingerprint density at radius 3 is 2.60 bits per heavy atom. The van der Waals surface area contributed by atoms with Gasteiger partial charge in [0.2, 0.25) is 5.91 Å². The Hall–Kier alpha value is -2.21. The summed E-state index contributed by atoms with van der Waals surface area (Å²) in [5.74, 6) is 1.46. The van der Waals surface area contributed by atoms with Gasteiger partial charge in [-0.15, -0.1) is 0 Å². The van der Waals surface area contributed by atoms with Gasteiger partial charge in [-0.1, -0.05) is 32.4 Å². The number of nitrogens with zero attached hydrogens (tertiary/aromatic N) is 4. The van der Waals surface area contributed by atoms with Crippen LogP contribution in [-0.2, 0) is 11.3 Å². The first-order valence-electron chi connectivity index (χ1n) is 11.6. The average Bonchev–Trinajstić information content (AvgIpc) is 2.70. The zero-order chi connectivity index (χ0) is 21.3. The predicted molar refractivity (Wildman–Crippen MR) is 119 cm³/mol. The Morgan fingerprint density at radius 2 is 1.97 bits per heavy atom. The number of carbonyl (C=O) groups is 1. The maximum Gasteiger partial charge on any atom is 0.261 e. The van der Waals surface area contributed by atoms with Crippen molar-refractivity contribution < 1.29 is 4.79 Å². The zero-order valence-corrected chi connectivity index (χ0v) is 18.5. The lowest BCUT2D eigenvalue weighted by Crippen LogP contribution is -2.56. The second-order valence-electron chi connectivity index (χ2n) is 8.87. The minimum absolute atomic E-state index is 0.0581. The highest BCUT2D eigenvalue weighted by Gasteiger charge is 2.36. The van der Waals surface area contributed by atoms with E-state index in [1.807, 2.05) is 28.8 Å². The molecule has 0 spiro atoms. The SMILES string of the molecule is CCCn1c(C(CC)N2CCN(C(=O)C3CCC3)C(C)C2)nc2ccccc2c1=O. The van der Waals surface area contributed by atoms with E-state index in [4.69, 9.17) is 4.98 Å². The fourth-order valence-corrected chi connectivity index (χ4v) is 4.97. The molecule has 6 heteroatoms. The summed E-state index contributed by atoms with van der Waals surface area (Å²) in [5, 5.41) is 0.689. The van der Waals surface area contributed by atoms with E-state index < -0.39 is 0 Å². The lowest BCUT2D eigenvalue weighted by atomic mass is 9.84. The van der Waals surface area contributed by atoms with Gasteiger partial charge in [0.05, 0.1) is 16.9 Å². The van der Waals surface area contributed by atoms with Crippen LogP contribution in [0.25, 0.3) is 10.9 Å². The van der Waals surface area contributed by atoms with Gasteiger partial charge in [-0.3, -0.25) is 19.1 Å². The quantitative estimate of drug-likeness (QED) is 0.730. The first-order valence-corrected chi connectivity index (χ1v) is 11.6. The molecule has 162 valence electrons. The van der Waals surface area contributed by atoms with Gasteiger partial charge in [0.15, 0.2) is 0 Å². The molecule has 1 amide bonds. The van der Waals surface area contributed by atoms with Crippen molar-refractivity contribution in [1.82, 2.24) is 19.4 Å². The summed E-state index contributed by atoms with van der Waals surface area (Å²) in [6.07, 6.45) is 5.06. The molecule has 2 heterocycles. The van der Waals surface area contributed by atoms with Crippen molar-refractivity contribution in [2.24, 2.45) is 5.92 Å². The number of hydrogen-bond donors (Lipinski definition) is 0. The van der Waals surface area contributed by atoms with Crippen LogP contribution in [0.15, 0.2) is 29.1 Å². The smallest absolute Gasteiger partial charge is 0.261 e. The van der Waals surface area contributed by atoms with E-state index >= 15 is 0 Å². The monoisotopic (exact) mass is 410 g/mol. The third kappa shape index (κ3) is 3.78. The molecule has 2 fully saturated rings. The summed E-state index contributed by atoms with van der Waals surface area (Å²) in [4.78, 5) is 35.5. The molecular formula is C24H34N4O2. The first-order chi connectivity index (χ1) is 14.5. The van der Waals surface area contributed by atoms with Gasteiger partial charge in [0.1, 0.15) is 5.82 Å². The Kier molecular flexibility index (Phi) is 6.23. The fraction of sp³-hybridized carbons (Fsp3) is 0.625. The van der Waals surface area contributed by atoms with E-state index in [2.05, 4.69) is 30.6 Å². The van der Waals surface area contributed by atoms with Crippen LogP contribution in [0.2, 0.25) is 0 Å². The molecule has 0 N–H and O–H groups in total. The minimum Gasteiger partial charge on any atom is -0.337 e. The van der Waals surface area contributed by atoms with Crippen LogP contribution in [-0.4, -0.2) is 50.9 Å². The van der Waals surface area contributed by atoms with Gasteiger partial charge < -0.3 is 4.90 Å². The number of rotatable bonds is 6. The van der Waals surface area contributed by atoms with E-state index in [1.165, 1.54) is 6.42 Å². The van der Waals surface area contributed by atoms with Crippen molar-refractivity contribution in [3.05, 3.63) is 40.4 Å². The van der Waals surface area contributed by atoms with Crippen LogP contribution in [0, 0.1) is 5.92 Å². The molecule has 1 aromatic carbocycles. The summed E-state index contributed by atoms with van der Waals surface area (Å²) in [7, 11) is 0. The molecule has 2 aliphatic rings. The normalized spacial score (nSPS) is 21.6. The van der Waals surface area contributed by atoms with Crippen molar-refractivity contribution in [3.63, 3.8) is 0 Å². The summed E-state index contributed by atoms with van der Waals surface area (Å²) in [5.41, 5.74) is 0.831. The first kappa shape index (κ1) is 21.0. The van der Waals surface area contributed by atoms with Crippen LogP contribution in [0.3, 0.4) is 0 Å². The highest BCUT2D eigenvalue weighted by atomic mass is 16.2. The summed E-state index contributed by atoms with van der Waals surface area (Å²) >= 11 is 0. The molecule has 1 aliphatic heterocycles. The molecule has 1 saturated carbocycles. The third-order valence-corrected chi connectivity index (χ3v) is 6.86. The van der Waals surface area contributed by atoms with Gasteiger partial charge >= 0.3 is 0 Å². The Labute approximate surface area is 178 Å². The summed E-state index contributed by atoms with van der Waals surface area (Å²) in [6.45, 7) is 9.51. The second kappa shape index (κ2) is 8.88. The topological polar surface area (TPSA) is 58.4 Å². The zero-order valence-electron chi connectivity index (χ0n) is 18.5. The van der Waals surface area contributed by atoms with E-state index in [-0.39, 0.29) is 23.6 Å². The number of fused-ring (bicyclic) bond motifs is 1.